The van der Waals surface area contributed by atoms with Gasteiger partial charge in [-0.15, -0.1) is 11.3 Å². The minimum Gasteiger partial charge on any atom is -0.481 e. The summed E-state index contributed by atoms with van der Waals surface area (Å²) < 4.78 is 5.17. The van der Waals surface area contributed by atoms with E-state index < -0.39 is 23.5 Å². The Labute approximate surface area is 120 Å². The minimum atomic E-state index is -1.09. The zero-order chi connectivity index (χ0) is 14.8. The van der Waals surface area contributed by atoms with Crippen molar-refractivity contribution in [1.82, 2.24) is 15.6 Å². The van der Waals surface area contributed by atoms with Crippen molar-refractivity contribution >= 4 is 23.3 Å². The number of aliphatic carboxylic acids is 1. The molecular formula is C12H17N3O4S. The Hall–Kier alpha value is -1.67. The summed E-state index contributed by atoms with van der Waals surface area (Å²) in [7, 11) is 0. The number of carboxylic acid groups (broad SMARTS) is 1. The molecule has 0 saturated carbocycles. The van der Waals surface area contributed by atoms with Crippen LogP contribution in [0, 0.1) is 12.3 Å². The quantitative estimate of drug-likeness (QED) is 0.761. The molecule has 3 N–H and O–H groups in total. The lowest BCUT2D eigenvalue weighted by Gasteiger charge is -2.25. The first kappa shape index (κ1) is 14.7. The van der Waals surface area contributed by atoms with Gasteiger partial charge in [-0.1, -0.05) is 0 Å². The molecule has 2 rings (SSSR count). The Morgan fingerprint density at radius 3 is 3.00 bits per heavy atom. The van der Waals surface area contributed by atoms with E-state index in [1.807, 2.05) is 6.92 Å². The fraction of sp³-hybridized carbons (Fsp3) is 0.583. The number of amides is 2. The van der Waals surface area contributed by atoms with Gasteiger partial charge < -0.3 is 20.5 Å². The third-order valence-corrected chi connectivity index (χ3v) is 4.23. The molecule has 2 heterocycles. The van der Waals surface area contributed by atoms with Gasteiger partial charge in [-0.3, -0.25) is 4.79 Å². The Bertz CT molecular complexity index is 519. The highest BCUT2D eigenvalue weighted by molar-refractivity contribution is 7.11. The average molecular weight is 299 g/mol. The van der Waals surface area contributed by atoms with Gasteiger partial charge in [-0.25, -0.2) is 9.78 Å². The van der Waals surface area contributed by atoms with Crippen LogP contribution in [0.4, 0.5) is 4.79 Å². The van der Waals surface area contributed by atoms with Crippen LogP contribution >= 0.6 is 11.3 Å². The van der Waals surface area contributed by atoms with Crippen molar-refractivity contribution in [3.63, 3.8) is 0 Å². The number of aromatic nitrogens is 1. The van der Waals surface area contributed by atoms with Crippen LogP contribution in [0.1, 0.15) is 16.8 Å². The number of nitrogens with zero attached hydrogens (tertiary/aromatic N) is 1. The van der Waals surface area contributed by atoms with E-state index in [0.717, 1.165) is 9.88 Å². The SMILES string of the molecule is Cc1cnc(CNC(=O)NC2COCC2(C)C(=O)O)s1. The zero-order valence-electron chi connectivity index (χ0n) is 11.3. The fourth-order valence-electron chi connectivity index (χ4n) is 1.93. The molecule has 2 unspecified atom stereocenters. The second-order valence-corrected chi connectivity index (χ2v) is 6.30. The molecule has 0 bridgehead atoms. The second kappa shape index (κ2) is 5.76. The predicted molar refractivity (Wildman–Crippen MR) is 72.6 cm³/mol. The highest BCUT2D eigenvalue weighted by Gasteiger charge is 2.47. The number of thiazole rings is 1. The first-order valence-electron chi connectivity index (χ1n) is 6.18. The van der Waals surface area contributed by atoms with Crippen molar-refractivity contribution in [2.45, 2.75) is 26.4 Å². The number of ether oxygens (including phenoxy) is 1. The molecule has 7 nitrogen and oxygen atoms in total. The average Bonchev–Trinajstić information content (AvgIpc) is 2.95. The molecule has 2 amide bonds. The summed E-state index contributed by atoms with van der Waals surface area (Å²) in [5.41, 5.74) is -1.09. The summed E-state index contributed by atoms with van der Waals surface area (Å²) in [6.07, 6.45) is 1.74. The highest BCUT2D eigenvalue weighted by Crippen LogP contribution is 2.28. The number of carbonyl (C=O) groups excluding carboxylic acids is 1. The van der Waals surface area contributed by atoms with Gasteiger partial charge in [0, 0.05) is 11.1 Å². The number of hydrogen-bond donors (Lipinski definition) is 3. The van der Waals surface area contributed by atoms with Crippen molar-refractivity contribution in [2.24, 2.45) is 5.41 Å². The van der Waals surface area contributed by atoms with Gasteiger partial charge in [0.05, 0.1) is 25.8 Å². The van der Waals surface area contributed by atoms with Crippen LogP contribution in [-0.2, 0) is 16.1 Å². The van der Waals surface area contributed by atoms with Crippen LogP contribution in [0.15, 0.2) is 6.20 Å². The van der Waals surface area contributed by atoms with Crippen molar-refractivity contribution in [2.75, 3.05) is 13.2 Å². The van der Waals surface area contributed by atoms with Crippen LogP contribution in [0.5, 0.6) is 0 Å². The number of hydrogen-bond acceptors (Lipinski definition) is 5. The summed E-state index contributed by atoms with van der Waals surface area (Å²) in [5, 5.41) is 15.3. The normalized spacial score (nSPS) is 25.4. The Balaban J connectivity index is 1.86. The summed E-state index contributed by atoms with van der Waals surface area (Å²) in [5.74, 6) is -0.976. The van der Waals surface area contributed by atoms with Crippen molar-refractivity contribution in [3.05, 3.63) is 16.1 Å². The monoisotopic (exact) mass is 299 g/mol. The van der Waals surface area contributed by atoms with Gasteiger partial charge >= 0.3 is 12.0 Å². The number of nitrogens with one attached hydrogen (secondary N) is 2. The second-order valence-electron chi connectivity index (χ2n) is 4.98. The molecule has 0 aliphatic carbocycles. The van der Waals surface area contributed by atoms with E-state index in [4.69, 9.17) is 4.74 Å². The molecule has 1 aliphatic heterocycles. The summed E-state index contributed by atoms with van der Waals surface area (Å²) in [4.78, 5) is 28.2. The predicted octanol–water partition coefficient (Wildman–Crippen LogP) is 0.740. The highest BCUT2D eigenvalue weighted by atomic mass is 32.1. The third-order valence-electron chi connectivity index (χ3n) is 3.32. The first-order valence-corrected chi connectivity index (χ1v) is 7.00. The lowest BCUT2D eigenvalue weighted by atomic mass is 9.85. The van der Waals surface area contributed by atoms with Gasteiger partial charge in [-0.2, -0.15) is 0 Å². The van der Waals surface area contributed by atoms with Gasteiger partial charge in [-0.05, 0) is 13.8 Å². The van der Waals surface area contributed by atoms with Crippen LogP contribution in [0.25, 0.3) is 0 Å². The van der Waals surface area contributed by atoms with Crippen molar-refractivity contribution < 1.29 is 19.4 Å². The lowest BCUT2D eigenvalue weighted by molar-refractivity contribution is -0.148. The molecule has 0 aromatic carbocycles. The van der Waals surface area contributed by atoms with E-state index in [2.05, 4.69) is 15.6 Å². The minimum absolute atomic E-state index is 0.0962. The van der Waals surface area contributed by atoms with Crippen molar-refractivity contribution in [1.29, 1.82) is 0 Å². The Kier molecular flexibility index (Phi) is 4.24. The summed E-state index contributed by atoms with van der Waals surface area (Å²) in [6, 6.07) is -0.959. The van der Waals surface area contributed by atoms with E-state index in [1.54, 1.807) is 13.1 Å². The van der Waals surface area contributed by atoms with E-state index in [-0.39, 0.29) is 13.2 Å². The Morgan fingerprint density at radius 2 is 2.40 bits per heavy atom. The molecule has 20 heavy (non-hydrogen) atoms. The molecule has 110 valence electrons. The molecular weight excluding hydrogens is 282 g/mol. The topological polar surface area (TPSA) is 101 Å². The number of urea groups is 1. The maximum Gasteiger partial charge on any atom is 0.315 e. The van der Waals surface area contributed by atoms with E-state index in [9.17, 15) is 14.7 Å². The van der Waals surface area contributed by atoms with Crippen LogP contribution in [0.2, 0.25) is 0 Å². The summed E-state index contributed by atoms with van der Waals surface area (Å²) >= 11 is 1.50. The largest absolute Gasteiger partial charge is 0.481 e. The van der Waals surface area contributed by atoms with Gasteiger partial charge in [0.15, 0.2) is 0 Å². The van der Waals surface area contributed by atoms with Gasteiger partial charge in [0.1, 0.15) is 10.4 Å². The molecule has 1 fully saturated rings. The Morgan fingerprint density at radius 1 is 1.65 bits per heavy atom. The number of carboxylic acids is 1. The smallest absolute Gasteiger partial charge is 0.315 e. The first-order chi connectivity index (χ1) is 9.41. The maximum atomic E-state index is 11.8. The lowest BCUT2D eigenvalue weighted by Crippen LogP contribution is -2.52. The molecule has 0 spiro atoms. The maximum absolute atomic E-state index is 11.8. The van der Waals surface area contributed by atoms with E-state index >= 15 is 0 Å². The number of carbonyl (C=O) groups is 2. The van der Waals surface area contributed by atoms with Crippen LogP contribution in [-0.4, -0.2) is 41.3 Å². The van der Waals surface area contributed by atoms with E-state index in [1.165, 1.54) is 11.3 Å². The van der Waals surface area contributed by atoms with Crippen LogP contribution < -0.4 is 10.6 Å². The molecule has 1 aliphatic rings. The number of rotatable bonds is 4. The standard InChI is InChI=1S/C12H17N3O4S/c1-7-3-13-9(20-7)4-14-11(18)15-8-5-19-6-12(8,2)10(16)17/h3,8H,4-6H2,1-2H3,(H,16,17)(H2,14,15,18). The molecule has 2 atom stereocenters. The molecule has 0 radical (unpaired) electrons. The fourth-order valence-corrected chi connectivity index (χ4v) is 2.66. The number of aryl methyl sites for hydroxylation is 1. The van der Waals surface area contributed by atoms with Crippen LogP contribution in [0.3, 0.4) is 0 Å². The summed E-state index contributed by atoms with van der Waals surface area (Å²) in [6.45, 7) is 4.13. The molecule has 1 aromatic rings. The van der Waals surface area contributed by atoms with E-state index in [0.29, 0.717) is 6.54 Å². The molecule has 1 saturated heterocycles. The van der Waals surface area contributed by atoms with Crippen molar-refractivity contribution in [3.8, 4) is 0 Å². The zero-order valence-corrected chi connectivity index (χ0v) is 12.1. The molecule has 8 heteroatoms. The molecule has 1 aromatic heterocycles. The third kappa shape index (κ3) is 3.07. The van der Waals surface area contributed by atoms with Gasteiger partial charge in [0.25, 0.3) is 0 Å². The van der Waals surface area contributed by atoms with Gasteiger partial charge in [0.2, 0.25) is 0 Å².